The molecule has 0 unspecified atom stereocenters. The van der Waals surface area contributed by atoms with Crippen molar-refractivity contribution in [3.63, 3.8) is 0 Å². The molecule has 0 aliphatic carbocycles. The molecular weight excluding hydrogens is 268 g/mol. The Bertz CT molecular complexity index is 632. The van der Waals surface area contributed by atoms with Crippen LogP contribution in [0.15, 0.2) is 10.9 Å². The summed E-state index contributed by atoms with van der Waals surface area (Å²) in [6.07, 6.45) is 0. The number of aryl methyl sites for hydroxylation is 2. The van der Waals surface area contributed by atoms with Crippen molar-refractivity contribution in [3.8, 4) is 0 Å². The highest BCUT2D eigenvalue weighted by Crippen LogP contribution is 2.03. The second-order valence-electron chi connectivity index (χ2n) is 4.40. The van der Waals surface area contributed by atoms with Crippen LogP contribution in [0.2, 0.25) is 0 Å². The van der Waals surface area contributed by atoms with Gasteiger partial charge in [-0.15, -0.1) is 0 Å². The molecule has 1 heterocycles. The zero-order valence-corrected chi connectivity index (χ0v) is 12.1. The van der Waals surface area contributed by atoms with Gasteiger partial charge in [0.2, 0.25) is 5.91 Å². The molecular formula is C12H18N2O4S. The first-order valence-corrected chi connectivity index (χ1v) is 7.74. The number of sulfone groups is 1. The maximum absolute atomic E-state index is 11.7. The normalized spacial score (nSPS) is 11.3. The van der Waals surface area contributed by atoms with Crippen molar-refractivity contribution in [1.29, 1.82) is 0 Å². The van der Waals surface area contributed by atoms with Crippen LogP contribution < -0.4 is 10.9 Å². The predicted octanol–water partition coefficient (Wildman–Crippen LogP) is 0.0426. The van der Waals surface area contributed by atoms with E-state index in [1.807, 2.05) is 0 Å². The number of aromatic nitrogens is 1. The Morgan fingerprint density at radius 2 is 2.00 bits per heavy atom. The Morgan fingerprint density at radius 1 is 1.37 bits per heavy atom. The van der Waals surface area contributed by atoms with Gasteiger partial charge in [-0.25, -0.2) is 8.42 Å². The van der Waals surface area contributed by atoms with Gasteiger partial charge in [0.25, 0.3) is 5.56 Å². The van der Waals surface area contributed by atoms with E-state index in [4.69, 9.17) is 0 Å². The molecule has 6 nitrogen and oxygen atoms in total. The van der Waals surface area contributed by atoms with Crippen LogP contribution >= 0.6 is 0 Å². The summed E-state index contributed by atoms with van der Waals surface area (Å²) in [6.45, 7) is 5.05. The molecule has 0 saturated heterocycles. The highest BCUT2D eigenvalue weighted by molar-refractivity contribution is 7.92. The molecule has 0 bridgehead atoms. The van der Waals surface area contributed by atoms with Crippen LogP contribution in [-0.4, -0.2) is 30.8 Å². The Labute approximate surface area is 112 Å². The molecule has 0 spiro atoms. The van der Waals surface area contributed by atoms with Gasteiger partial charge < -0.3 is 10.3 Å². The molecule has 19 heavy (non-hydrogen) atoms. The number of carbonyl (C=O) groups excluding carboxylic acids is 1. The maximum Gasteiger partial charge on any atom is 0.253 e. The molecule has 0 radical (unpaired) electrons. The summed E-state index contributed by atoms with van der Waals surface area (Å²) in [5.74, 6) is -1.22. The summed E-state index contributed by atoms with van der Waals surface area (Å²) in [5, 5.41) is 2.45. The van der Waals surface area contributed by atoms with E-state index in [2.05, 4.69) is 10.3 Å². The number of amides is 1. The molecule has 2 N–H and O–H groups in total. The van der Waals surface area contributed by atoms with Crippen molar-refractivity contribution < 1.29 is 13.2 Å². The van der Waals surface area contributed by atoms with Crippen LogP contribution in [0.3, 0.4) is 0 Å². The Balaban J connectivity index is 2.74. The molecule has 7 heteroatoms. The molecule has 106 valence electrons. The van der Waals surface area contributed by atoms with Crippen molar-refractivity contribution in [2.24, 2.45) is 0 Å². The van der Waals surface area contributed by atoms with Crippen LogP contribution in [0.1, 0.15) is 23.7 Å². The molecule has 0 atom stereocenters. The van der Waals surface area contributed by atoms with Crippen LogP contribution in [-0.2, 0) is 21.2 Å². The fraction of sp³-hybridized carbons (Fsp3) is 0.500. The number of carbonyl (C=O) groups is 1. The summed E-state index contributed by atoms with van der Waals surface area (Å²) >= 11 is 0. The zero-order valence-electron chi connectivity index (χ0n) is 11.2. The van der Waals surface area contributed by atoms with E-state index in [1.165, 1.54) is 6.92 Å². The third-order valence-corrected chi connectivity index (χ3v) is 4.33. The lowest BCUT2D eigenvalue weighted by molar-refractivity contribution is -0.118. The van der Waals surface area contributed by atoms with E-state index < -0.39 is 21.5 Å². The van der Waals surface area contributed by atoms with Gasteiger partial charge in [-0.05, 0) is 25.5 Å². The quantitative estimate of drug-likeness (QED) is 0.799. The summed E-state index contributed by atoms with van der Waals surface area (Å²) in [4.78, 5) is 25.8. The SMILES string of the molecule is CCS(=O)(=O)CC(=O)NCc1c(C)cc(C)[nH]c1=O. The van der Waals surface area contributed by atoms with Gasteiger partial charge in [-0.3, -0.25) is 9.59 Å². The maximum atomic E-state index is 11.7. The Morgan fingerprint density at radius 3 is 2.53 bits per heavy atom. The lowest BCUT2D eigenvalue weighted by Crippen LogP contribution is -2.32. The lowest BCUT2D eigenvalue weighted by Gasteiger charge is -2.08. The lowest BCUT2D eigenvalue weighted by atomic mass is 10.1. The molecule has 0 aliphatic rings. The fourth-order valence-corrected chi connectivity index (χ4v) is 2.35. The number of hydrogen-bond donors (Lipinski definition) is 2. The molecule has 0 fully saturated rings. The monoisotopic (exact) mass is 286 g/mol. The van der Waals surface area contributed by atoms with Crippen molar-refractivity contribution in [1.82, 2.24) is 10.3 Å². The second kappa shape index (κ2) is 6.01. The topological polar surface area (TPSA) is 96.1 Å². The van der Waals surface area contributed by atoms with Gasteiger partial charge in [0.05, 0.1) is 0 Å². The summed E-state index contributed by atoms with van der Waals surface area (Å²) in [5.41, 5.74) is 1.68. The van der Waals surface area contributed by atoms with Crippen molar-refractivity contribution in [3.05, 3.63) is 33.2 Å². The number of nitrogens with one attached hydrogen (secondary N) is 2. The number of rotatable bonds is 5. The smallest absolute Gasteiger partial charge is 0.253 e. The van der Waals surface area contributed by atoms with Gasteiger partial charge in [0, 0.05) is 23.6 Å². The standard InChI is InChI=1S/C12H18N2O4S/c1-4-19(17,18)7-11(15)13-6-10-8(2)5-9(3)14-12(10)16/h5H,4,6-7H2,1-3H3,(H,13,15)(H,14,16). The first-order chi connectivity index (χ1) is 8.75. The summed E-state index contributed by atoms with van der Waals surface area (Å²) in [6, 6.07) is 1.80. The van der Waals surface area contributed by atoms with Gasteiger partial charge >= 0.3 is 0 Å². The molecule has 1 rings (SSSR count). The molecule has 0 aliphatic heterocycles. The van der Waals surface area contributed by atoms with Gasteiger partial charge in [0.1, 0.15) is 5.75 Å². The van der Waals surface area contributed by atoms with Crippen LogP contribution in [0.5, 0.6) is 0 Å². The third kappa shape index (κ3) is 4.51. The highest BCUT2D eigenvalue weighted by atomic mass is 32.2. The van der Waals surface area contributed by atoms with Crippen LogP contribution in [0, 0.1) is 13.8 Å². The largest absolute Gasteiger partial charge is 0.351 e. The first-order valence-electron chi connectivity index (χ1n) is 5.91. The third-order valence-electron chi connectivity index (χ3n) is 2.75. The van der Waals surface area contributed by atoms with E-state index in [0.29, 0.717) is 5.56 Å². The van der Waals surface area contributed by atoms with Crippen molar-refractivity contribution >= 4 is 15.7 Å². The van der Waals surface area contributed by atoms with Crippen molar-refractivity contribution in [2.45, 2.75) is 27.3 Å². The second-order valence-corrected chi connectivity index (χ2v) is 6.75. The fourth-order valence-electron chi connectivity index (χ4n) is 1.64. The number of hydrogen-bond acceptors (Lipinski definition) is 4. The minimum absolute atomic E-state index is 0.0273. The number of aromatic amines is 1. The molecule has 0 aromatic carbocycles. The minimum atomic E-state index is -3.35. The average Bonchev–Trinajstić information content (AvgIpc) is 2.26. The molecule has 1 aromatic heterocycles. The predicted molar refractivity (Wildman–Crippen MR) is 72.7 cm³/mol. The summed E-state index contributed by atoms with van der Waals surface area (Å²) < 4.78 is 22.5. The Kier molecular flexibility index (Phi) is 4.88. The Hall–Kier alpha value is -1.63. The highest BCUT2D eigenvalue weighted by Gasteiger charge is 2.14. The molecule has 0 saturated carbocycles. The van der Waals surface area contributed by atoms with Crippen LogP contribution in [0.4, 0.5) is 0 Å². The van der Waals surface area contributed by atoms with Gasteiger partial charge in [-0.1, -0.05) is 6.92 Å². The minimum Gasteiger partial charge on any atom is -0.351 e. The van der Waals surface area contributed by atoms with E-state index in [-0.39, 0.29) is 17.9 Å². The van der Waals surface area contributed by atoms with E-state index >= 15 is 0 Å². The molecule has 1 aromatic rings. The van der Waals surface area contributed by atoms with Crippen molar-refractivity contribution in [2.75, 3.05) is 11.5 Å². The molecule has 1 amide bonds. The first kappa shape index (κ1) is 15.4. The van der Waals surface area contributed by atoms with Gasteiger partial charge in [0.15, 0.2) is 9.84 Å². The van der Waals surface area contributed by atoms with E-state index in [0.717, 1.165) is 11.3 Å². The van der Waals surface area contributed by atoms with E-state index in [1.54, 1.807) is 19.9 Å². The average molecular weight is 286 g/mol. The van der Waals surface area contributed by atoms with Crippen LogP contribution in [0.25, 0.3) is 0 Å². The van der Waals surface area contributed by atoms with E-state index in [9.17, 15) is 18.0 Å². The number of H-pyrrole nitrogens is 1. The van der Waals surface area contributed by atoms with Gasteiger partial charge in [-0.2, -0.15) is 0 Å². The zero-order chi connectivity index (χ0) is 14.6. The number of pyridine rings is 1. The summed E-state index contributed by atoms with van der Waals surface area (Å²) in [7, 11) is -3.35.